The molecule has 1 aliphatic heterocycles. The Morgan fingerprint density at radius 2 is 1.90 bits per heavy atom. The van der Waals surface area contributed by atoms with Crippen LogP contribution in [0.3, 0.4) is 0 Å². The molecule has 1 amide bonds. The van der Waals surface area contributed by atoms with Gasteiger partial charge in [-0.15, -0.1) is 0 Å². The number of aliphatic hydroxyl groups is 1. The zero-order valence-electron chi connectivity index (χ0n) is 15.8. The van der Waals surface area contributed by atoms with Crippen LogP contribution in [0.25, 0.3) is 0 Å². The zero-order chi connectivity index (χ0) is 20.6. The summed E-state index contributed by atoms with van der Waals surface area (Å²) in [4.78, 5) is 31.6. The van der Waals surface area contributed by atoms with Crippen molar-refractivity contribution in [3.63, 3.8) is 0 Å². The van der Waals surface area contributed by atoms with Gasteiger partial charge in [-0.25, -0.2) is 0 Å². The van der Waals surface area contributed by atoms with Crippen molar-refractivity contribution in [1.29, 1.82) is 0 Å². The second-order valence-corrected chi connectivity index (χ2v) is 7.59. The molecule has 2 aromatic carbocycles. The van der Waals surface area contributed by atoms with Crippen LogP contribution in [0.4, 0.5) is 5.69 Å². The van der Waals surface area contributed by atoms with Crippen molar-refractivity contribution in [2.75, 3.05) is 4.90 Å². The number of pyridine rings is 1. The summed E-state index contributed by atoms with van der Waals surface area (Å²) in [6.45, 7) is 2.26. The van der Waals surface area contributed by atoms with Crippen molar-refractivity contribution in [2.24, 2.45) is 0 Å². The Kier molecular flexibility index (Phi) is 4.94. The van der Waals surface area contributed by atoms with Gasteiger partial charge in [0.05, 0.1) is 18.7 Å². The first-order valence-corrected chi connectivity index (χ1v) is 9.61. The molecule has 1 aromatic heterocycles. The van der Waals surface area contributed by atoms with Crippen molar-refractivity contribution in [2.45, 2.75) is 25.5 Å². The lowest BCUT2D eigenvalue weighted by atomic mass is 9.89. The number of hydrogen-bond acceptors (Lipinski definition) is 4. The Hall–Kier alpha value is -3.02. The number of nitrogens with zero attached hydrogens (tertiary/aromatic N) is 2. The van der Waals surface area contributed by atoms with Gasteiger partial charge in [-0.3, -0.25) is 14.6 Å². The molecule has 0 saturated heterocycles. The second-order valence-electron chi connectivity index (χ2n) is 7.15. The molecule has 29 heavy (non-hydrogen) atoms. The Labute approximate surface area is 173 Å². The highest BCUT2D eigenvalue weighted by Gasteiger charge is 2.51. The van der Waals surface area contributed by atoms with Crippen molar-refractivity contribution in [3.8, 4) is 0 Å². The largest absolute Gasteiger partial charge is 0.375 e. The van der Waals surface area contributed by atoms with Crippen LogP contribution < -0.4 is 4.90 Å². The van der Waals surface area contributed by atoms with E-state index in [1.807, 2.05) is 31.2 Å². The van der Waals surface area contributed by atoms with Crippen LogP contribution in [0.5, 0.6) is 0 Å². The van der Waals surface area contributed by atoms with Crippen molar-refractivity contribution in [1.82, 2.24) is 4.98 Å². The molecular formula is C23H19ClN2O3. The molecule has 0 unspecified atom stereocenters. The smallest absolute Gasteiger partial charge is 0.264 e. The summed E-state index contributed by atoms with van der Waals surface area (Å²) in [6, 6.07) is 17.6. The van der Waals surface area contributed by atoms with Crippen LogP contribution in [0.2, 0.25) is 5.02 Å². The summed E-state index contributed by atoms with van der Waals surface area (Å²) in [6.07, 6.45) is 1.10. The lowest BCUT2D eigenvalue weighted by molar-refractivity contribution is -0.136. The van der Waals surface area contributed by atoms with Gasteiger partial charge in [0.25, 0.3) is 5.91 Å². The molecule has 5 nitrogen and oxygen atoms in total. The van der Waals surface area contributed by atoms with Gasteiger partial charge in [0.2, 0.25) is 0 Å². The predicted molar refractivity (Wildman–Crippen MR) is 111 cm³/mol. The minimum absolute atomic E-state index is 0.203. The van der Waals surface area contributed by atoms with E-state index in [2.05, 4.69) is 4.98 Å². The van der Waals surface area contributed by atoms with Gasteiger partial charge >= 0.3 is 0 Å². The van der Waals surface area contributed by atoms with E-state index in [1.54, 1.807) is 36.4 Å². The maximum Gasteiger partial charge on any atom is 0.264 e. The predicted octanol–water partition coefficient (Wildman–Crippen LogP) is 4.05. The van der Waals surface area contributed by atoms with E-state index in [-0.39, 0.29) is 5.69 Å². The third-order valence-corrected chi connectivity index (χ3v) is 5.49. The molecule has 3 aromatic rings. The zero-order valence-corrected chi connectivity index (χ0v) is 16.6. The highest BCUT2D eigenvalue weighted by molar-refractivity contribution is 6.31. The molecule has 6 heteroatoms. The SMILES string of the molecule is Cc1ccccc1CN1C(=O)[C@@](O)(CC(=O)c2ccccn2)c2cc(Cl)ccc21. The molecule has 146 valence electrons. The van der Waals surface area contributed by atoms with E-state index in [9.17, 15) is 14.7 Å². The molecule has 0 aliphatic carbocycles. The maximum atomic E-state index is 13.3. The van der Waals surface area contributed by atoms with Gasteiger partial charge in [0.15, 0.2) is 11.4 Å². The number of amides is 1. The first kappa shape index (κ1) is 19.3. The van der Waals surface area contributed by atoms with Crippen LogP contribution in [-0.4, -0.2) is 21.8 Å². The number of carbonyl (C=O) groups excluding carboxylic acids is 2. The maximum absolute atomic E-state index is 13.3. The fraction of sp³-hybridized carbons (Fsp3) is 0.174. The Balaban J connectivity index is 1.73. The lowest BCUT2D eigenvalue weighted by Crippen LogP contribution is -2.41. The van der Waals surface area contributed by atoms with Crippen molar-refractivity contribution in [3.05, 3.63) is 94.3 Å². The molecule has 0 bridgehead atoms. The first-order chi connectivity index (χ1) is 13.9. The molecule has 1 N–H and O–H groups in total. The number of hydrogen-bond donors (Lipinski definition) is 1. The van der Waals surface area contributed by atoms with Gasteiger partial charge in [-0.2, -0.15) is 0 Å². The van der Waals surface area contributed by atoms with Crippen molar-refractivity contribution >= 4 is 29.0 Å². The normalized spacial score (nSPS) is 18.0. The second kappa shape index (κ2) is 7.43. The number of anilines is 1. The number of Topliss-reactive ketones (excluding diaryl/α,β-unsaturated/α-hetero) is 1. The first-order valence-electron chi connectivity index (χ1n) is 9.23. The Morgan fingerprint density at radius 3 is 2.62 bits per heavy atom. The third kappa shape index (κ3) is 3.43. The minimum Gasteiger partial charge on any atom is -0.375 e. The van der Waals surface area contributed by atoms with Gasteiger partial charge < -0.3 is 10.0 Å². The van der Waals surface area contributed by atoms with Gasteiger partial charge in [-0.1, -0.05) is 41.9 Å². The molecular weight excluding hydrogens is 388 g/mol. The summed E-state index contributed by atoms with van der Waals surface area (Å²) < 4.78 is 0. The molecule has 0 fully saturated rings. The van der Waals surface area contributed by atoms with E-state index in [4.69, 9.17) is 11.6 Å². The van der Waals surface area contributed by atoms with Gasteiger partial charge in [-0.05, 0) is 48.4 Å². The van der Waals surface area contributed by atoms with E-state index >= 15 is 0 Å². The fourth-order valence-corrected chi connectivity index (χ4v) is 3.83. The number of carbonyl (C=O) groups is 2. The summed E-state index contributed by atoms with van der Waals surface area (Å²) in [5.74, 6) is -0.951. The molecule has 0 spiro atoms. The molecule has 0 saturated carbocycles. The number of ketones is 1. The molecule has 1 atom stereocenters. The number of aromatic nitrogens is 1. The molecule has 0 radical (unpaired) electrons. The minimum atomic E-state index is -1.99. The number of aryl methyl sites for hydroxylation is 1. The lowest BCUT2D eigenvalue weighted by Gasteiger charge is -2.23. The number of fused-ring (bicyclic) bond motifs is 1. The summed E-state index contributed by atoms with van der Waals surface area (Å²) >= 11 is 6.15. The number of benzene rings is 2. The quantitative estimate of drug-likeness (QED) is 0.649. The van der Waals surface area contributed by atoms with Crippen LogP contribution in [-0.2, 0) is 16.9 Å². The fourth-order valence-electron chi connectivity index (χ4n) is 3.66. The monoisotopic (exact) mass is 406 g/mol. The average Bonchev–Trinajstić information content (AvgIpc) is 2.92. The molecule has 1 aliphatic rings. The van der Waals surface area contributed by atoms with Crippen LogP contribution in [0.1, 0.15) is 33.6 Å². The molecule has 4 rings (SSSR count). The van der Waals surface area contributed by atoms with Crippen LogP contribution >= 0.6 is 11.6 Å². The standard InChI is InChI=1S/C23H19ClN2O3/c1-15-6-2-3-7-16(15)14-26-20-10-9-17(24)12-18(20)23(29,22(26)28)13-21(27)19-8-4-5-11-25-19/h2-12,29H,13-14H2,1H3/t23-/m1/s1. The van der Waals surface area contributed by atoms with E-state index in [0.29, 0.717) is 22.8 Å². The summed E-state index contributed by atoms with van der Waals surface area (Å²) in [5, 5.41) is 11.8. The topological polar surface area (TPSA) is 70.5 Å². The van der Waals surface area contributed by atoms with Gasteiger partial charge in [0, 0.05) is 16.8 Å². The Bertz CT molecular complexity index is 1100. The van der Waals surface area contributed by atoms with E-state index in [0.717, 1.165) is 11.1 Å². The number of rotatable bonds is 5. The van der Waals surface area contributed by atoms with Gasteiger partial charge in [0.1, 0.15) is 5.69 Å². The van der Waals surface area contributed by atoms with Crippen molar-refractivity contribution < 1.29 is 14.7 Å². The van der Waals surface area contributed by atoms with E-state index < -0.39 is 23.7 Å². The van der Waals surface area contributed by atoms with Crippen LogP contribution in [0, 0.1) is 6.92 Å². The van der Waals surface area contributed by atoms with Crippen LogP contribution in [0.15, 0.2) is 66.9 Å². The summed E-state index contributed by atoms with van der Waals surface area (Å²) in [7, 11) is 0. The van der Waals surface area contributed by atoms with E-state index in [1.165, 1.54) is 11.1 Å². The molecule has 2 heterocycles. The Morgan fingerprint density at radius 1 is 1.14 bits per heavy atom. The number of halogens is 1. The summed E-state index contributed by atoms with van der Waals surface area (Å²) in [5.41, 5.74) is 1.11. The third-order valence-electron chi connectivity index (χ3n) is 5.25. The highest BCUT2D eigenvalue weighted by Crippen LogP contribution is 2.44. The average molecular weight is 407 g/mol. The highest BCUT2D eigenvalue weighted by atomic mass is 35.5.